The number of fused-ring (bicyclic) bond motifs is 3. The van der Waals surface area contributed by atoms with Gasteiger partial charge in [0.1, 0.15) is 11.6 Å². The smallest absolute Gasteiger partial charge is 0.490 e. The fraction of sp³-hybridized carbons (Fsp3) is 0.385. The summed E-state index contributed by atoms with van der Waals surface area (Å²) in [7, 11) is -4.60. The molecule has 3 aliphatic rings. The van der Waals surface area contributed by atoms with Crippen molar-refractivity contribution in [3.8, 4) is 16.9 Å². The van der Waals surface area contributed by atoms with Crippen LogP contribution in [0.5, 0.6) is 5.75 Å². The van der Waals surface area contributed by atoms with E-state index in [0.717, 1.165) is 31.1 Å². The molecule has 2 heterocycles. The van der Waals surface area contributed by atoms with Crippen LogP contribution in [-0.2, 0) is 25.5 Å². The fourth-order valence-corrected chi connectivity index (χ4v) is 8.79. The number of nitrogens with zero attached hydrogens (tertiary/aromatic N) is 1. The van der Waals surface area contributed by atoms with E-state index in [0.29, 0.717) is 47.9 Å². The third-order valence-corrected chi connectivity index (χ3v) is 11.7. The molecule has 3 atom stereocenters. The molecule has 1 saturated carbocycles. The molecule has 2 bridgehead atoms. The van der Waals surface area contributed by atoms with Crippen LogP contribution >= 0.6 is 0 Å². The van der Waals surface area contributed by atoms with Crippen molar-refractivity contribution in [3.05, 3.63) is 96.3 Å². The van der Waals surface area contributed by atoms with Crippen LogP contribution in [0.15, 0.2) is 89.8 Å². The van der Waals surface area contributed by atoms with E-state index < -0.39 is 51.4 Å². The van der Waals surface area contributed by atoms with Crippen molar-refractivity contribution in [2.45, 2.75) is 98.6 Å². The first-order chi connectivity index (χ1) is 25.9. The van der Waals surface area contributed by atoms with Gasteiger partial charge in [0.2, 0.25) is 15.9 Å². The molecular weight excluding hydrogens is 752 g/mol. The van der Waals surface area contributed by atoms with E-state index in [1.165, 1.54) is 65.6 Å². The van der Waals surface area contributed by atoms with Crippen LogP contribution in [-0.4, -0.2) is 66.7 Å². The lowest BCUT2D eigenvalue weighted by Gasteiger charge is -2.41. The van der Waals surface area contributed by atoms with Crippen molar-refractivity contribution in [1.82, 2.24) is 9.62 Å². The standard InChI is InChI=1S/C37H38F3N3O4S.C2HF3O2/c38-28-13-7-24(8-14-28)23-5-11-27(12-6-23)37(39,40)35(36(44)43-30-15-16-31(43)22-29(41)21-30)42-48(45,46)34-18-10-25-19-33(17-9-26(25)20-34)47-32-3-1-2-4-32;3-2(4,5)1(6)7/h5-14,17-20,29-32,35,42H,1-4,15-16,21-22,41H2;(H,6,7)/t29?,30?,31?,35-;/m1./s1. The van der Waals surface area contributed by atoms with E-state index >= 15 is 8.78 Å². The molecule has 4 aromatic carbocycles. The summed E-state index contributed by atoms with van der Waals surface area (Å²) in [4.78, 5) is 24.2. The first-order valence-electron chi connectivity index (χ1n) is 17.8. The summed E-state index contributed by atoms with van der Waals surface area (Å²) >= 11 is 0. The summed E-state index contributed by atoms with van der Waals surface area (Å²) in [5.74, 6) is -7.39. The van der Waals surface area contributed by atoms with Crippen molar-refractivity contribution >= 4 is 32.7 Å². The van der Waals surface area contributed by atoms with Crippen LogP contribution < -0.4 is 15.2 Å². The molecule has 2 unspecified atom stereocenters. The third kappa shape index (κ3) is 9.08. The Balaban J connectivity index is 0.000000672. The van der Waals surface area contributed by atoms with Crippen molar-refractivity contribution in [1.29, 1.82) is 0 Å². The molecule has 0 aromatic heterocycles. The molecule has 294 valence electrons. The van der Waals surface area contributed by atoms with Crippen LogP contribution in [0.2, 0.25) is 0 Å². The minimum atomic E-state index is -5.08. The Morgan fingerprint density at radius 3 is 1.89 bits per heavy atom. The highest BCUT2D eigenvalue weighted by atomic mass is 32.2. The van der Waals surface area contributed by atoms with Gasteiger partial charge in [-0.15, -0.1) is 0 Å². The molecule has 16 heteroatoms. The van der Waals surface area contributed by atoms with Crippen LogP contribution in [0.1, 0.15) is 56.9 Å². The number of sulfonamides is 1. The summed E-state index contributed by atoms with van der Waals surface area (Å²) in [6, 6.07) is 17.4. The predicted molar refractivity (Wildman–Crippen MR) is 191 cm³/mol. The highest BCUT2D eigenvalue weighted by molar-refractivity contribution is 7.89. The zero-order valence-corrected chi connectivity index (χ0v) is 30.1. The van der Waals surface area contributed by atoms with Crippen LogP contribution in [0.3, 0.4) is 0 Å². The lowest BCUT2D eigenvalue weighted by Crippen LogP contribution is -2.60. The monoisotopic (exact) mass is 791 g/mol. The molecule has 7 rings (SSSR count). The number of carbonyl (C=O) groups excluding carboxylic acids is 1. The Bertz CT molecular complexity index is 2110. The summed E-state index contributed by atoms with van der Waals surface area (Å²) in [6.07, 6.45) is 1.51. The lowest BCUT2D eigenvalue weighted by molar-refractivity contribution is -0.192. The lowest BCUT2D eigenvalue weighted by atomic mass is 9.94. The minimum Gasteiger partial charge on any atom is -0.490 e. The van der Waals surface area contributed by atoms with E-state index in [4.69, 9.17) is 20.4 Å². The number of benzene rings is 4. The number of nitrogens with one attached hydrogen (secondary N) is 1. The average Bonchev–Trinajstić information content (AvgIpc) is 3.75. The maximum absolute atomic E-state index is 16.6. The van der Waals surface area contributed by atoms with E-state index in [2.05, 4.69) is 4.72 Å². The number of carbonyl (C=O) groups is 2. The fourth-order valence-electron chi connectivity index (χ4n) is 7.57. The topological polar surface area (TPSA) is 139 Å². The van der Waals surface area contributed by atoms with Crippen molar-refractivity contribution in [2.75, 3.05) is 0 Å². The molecule has 2 aliphatic heterocycles. The maximum atomic E-state index is 16.6. The highest BCUT2D eigenvalue weighted by Gasteiger charge is 2.53. The summed E-state index contributed by atoms with van der Waals surface area (Å²) in [5, 5.41) is 8.45. The number of carboxylic acid groups (broad SMARTS) is 1. The van der Waals surface area contributed by atoms with Gasteiger partial charge in [-0.1, -0.05) is 48.5 Å². The van der Waals surface area contributed by atoms with Gasteiger partial charge in [-0.05, 0) is 110 Å². The van der Waals surface area contributed by atoms with E-state index in [1.807, 2.05) is 6.07 Å². The highest BCUT2D eigenvalue weighted by Crippen LogP contribution is 2.40. The number of piperidine rings is 1. The Kier molecular flexibility index (Phi) is 11.5. The molecule has 0 radical (unpaired) electrons. The van der Waals surface area contributed by atoms with Gasteiger partial charge in [0.25, 0.3) is 5.92 Å². The van der Waals surface area contributed by atoms with Crippen molar-refractivity contribution in [3.63, 3.8) is 0 Å². The molecule has 1 aliphatic carbocycles. The molecule has 3 fully saturated rings. The summed E-state index contributed by atoms with van der Waals surface area (Å²) < 4.78 is 114. The van der Waals surface area contributed by atoms with Gasteiger partial charge < -0.3 is 20.5 Å². The van der Waals surface area contributed by atoms with Crippen LogP contribution in [0, 0.1) is 5.82 Å². The first kappa shape index (κ1) is 40.0. The zero-order valence-electron chi connectivity index (χ0n) is 29.3. The Labute approximate surface area is 313 Å². The molecule has 55 heavy (non-hydrogen) atoms. The number of nitrogens with two attached hydrogens (primary N) is 1. The quantitative estimate of drug-likeness (QED) is 0.149. The molecule has 4 N–H and O–H groups in total. The number of alkyl halides is 5. The van der Waals surface area contributed by atoms with Crippen LogP contribution in [0.4, 0.5) is 26.3 Å². The Hall–Kier alpha value is -4.67. The summed E-state index contributed by atoms with van der Waals surface area (Å²) in [5.41, 5.74) is 6.85. The van der Waals surface area contributed by atoms with Crippen LogP contribution in [0.25, 0.3) is 21.9 Å². The zero-order chi connectivity index (χ0) is 39.7. The number of amides is 1. The first-order valence-corrected chi connectivity index (χ1v) is 19.3. The second-order valence-corrected chi connectivity index (χ2v) is 15.8. The Morgan fingerprint density at radius 2 is 1.33 bits per heavy atom. The molecule has 1 amide bonds. The summed E-state index contributed by atoms with van der Waals surface area (Å²) in [6.45, 7) is 0. The molecule has 2 saturated heterocycles. The third-order valence-electron chi connectivity index (χ3n) is 10.3. The van der Waals surface area contributed by atoms with Crippen molar-refractivity contribution < 1.29 is 54.2 Å². The number of carboxylic acids is 1. The molecule has 0 spiro atoms. The number of rotatable bonds is 9. The van der Waals surface area contributed by atoms with Gasteiger partial charge >= 0.3 is 12.1 Å². The second kappa shape index (κ2) is 15.8. The largest absolute Gasteiger partial charge is 0.490 e. The number of hydrogen-bond acceptors (Lipinski definition) is 6. The van der Waals surface area contributed by atoms with Crippen molar-refractivity contribution in [2.24, 2.45) is 5.73 Å². The van der Waals surface area contributed by atoms with Gasteiger partial charge in [0.15, 0.2) is 6.04 Å². The number of aliphatic carboxylic acids is 1. The molecule has 4 aromatic rings. The van der Waals surface area contributed by atoms with E-state index in [-0.39, 0.29) is 29.1 Å². The SMILES string of the molecule is NC1CC2CCC(C1)N2C(=O)[C@@H](NS(=O)(=O)c1ccc2cc(OC3CCCC3)ccc2c1)C(F)(F)c1ccc(-c2ccc(F)cc2)cc1.O=C(O)C(F)(F)F. The Morgan fingerprint density at radius 1 is 0.800 bits per heavy atom. The van der Waals surface area contributed by atoms with E-state index in [9.17, 15) is 30.8 Å². The number of ether oxygens (including phenoxy) is 1. The molecule has 9 nitrogen and oxygen atoms in total. The van der Waals surface area contributed by atoms with E-state index in [1.54, 1.807) is 18.2 Å². The number of hydrogen-bond donors (Lipinski definition) is 3. The number of halogens is 6. The van der Waals surface area contributed by atoms with Gasteiger partial charge in [-0.25, -0.2) is 17.6 Å². The average molecular weight is 792 g/mol. The van der Waals surface area contributed by atoms with Gasteiger partial charge in [-0.2, -0.15) is 26.7 Å². The minimum absolute atomic E-state index is 0.150. The normalized spacial score (nSPS) is 20.9. The van der Waals surface area contributed by atoms with Gasteiger partial charge in [-0.3, -0.25) is 4.79 Å². The van der Waals surface area contributed by atoms with Gasteiger partial charge in [0, 0.05) is 23.7 Å². The second-order valence-electron chi connectivity index (χ2n) is 14.1. The van der Waals surface area contributed by atoms with Gasteiger partial charge in [0.05, 0.1) is 11.0 Å². The molecular formula is C39H39F6N3O6S. The maximum Gasteiger partial charge on any atom is 0.490 e. The predicted octanol–water partition coefficient (Wildman–Crippen LogP) is 7.52.